The average molecular weight is 413 g/mol. The summed E-state index contributed by atoms with van der Waals surface area (Å²) in [5.41, 5.74) is 1.31. The van der Waals surface area contributed by atoms with Crippen molar-refractivity contribution in [2.45, 2.75) is 70.4 Å². The van der Waals surface area contributed by atoms with Gasteiger partial charge in [-0.2, -0.15) is 5.10 Å². The number of hydrogen-bond donors (Lipinski definition) is 3. The molecule has 1 saturated heterocycles. The number of nitrogens with zero attached hydrogens (tertiary/aromatic N) is 3. The second kappa shape index (κ2) is 7.57. The molecule has 0 spiro atoms. The Kier molecular flexibility index (Phi) is 5.02. The van der Waals surface area contributed by atoms with Crippen molar-refractivity contribution < 1.29 is 9.90 Å². The van der Waals surface area contributed by atoms with Crippen LogP contribution in [0, 0.1) is 29.6 Å². The molecule has 6 rings (SSSR count). The molecule has 5 aliphatic rings. The number of hydrogen-bond acceptors (Lipinski definition) is 5. The molecule has 1 amide bonds. The van der Waals surface area contributed by atoms with Crippen LogP contribution < -0.4 is 15.5 Å². The summed E-state index contributed by atoms with van der Waals surface area (Å²) in [6.07, 6.45) is 10.0. The lowest BCUT2D eigenvalue weighted by molar-refractivity contribution is 0.0105. The second-order valence-electron chi connectivity index (χ2n) is 10.6. The highest BCUT2D eigenvalue weighted by Gasteiger charge is 2.51. The monoisotopic (exact) mass is 412 g/mol. The maximum atomic E-state index is 11.2. The van der Waals surface area contributed by atoms with Gasteiger partial charge < -0.3 is 20.6 Å². The molecule has 4 bridgehead atoms. The molecule has 30 heavy (non-hydrogen) atoms. The van der Waals surface area contributed by atoms with Gasteiger partial charge in [0.05, 0.1) is 11.9 Å². The van der Waals surface area contributed by atoms with Crippen LogP contribution in [-0.4, -0.2) is 46.1 Å². The summed E-state index contributed by atoms with van der Waals surface area (Å²) in [4.78, 5) is 13.5. The van der Waals surface area contributed by atoms with Gasteiger partial charge in [-0.15, -0.1) is 5.10 Å². The number of rotatable bonds is 6. The van der Waals surface area contributed by atoms with Crippen LogP contribution in [0.4, 0.5) is 16.3 Å². The summed E-state index contributed by atoms with van der Waals surface area (Å²) in [6, 6.07) is 2.04. The van der Waals surface area contributed by atoms with Crippen LogP contribution >= 0.6 is 0 Å². The highest BCUT2D eigenvalue weighted by Crippen LogP contribution is 2.56. The Bertz CT molecular complexity index is 762. The standard InChI is InChI=1S/C23H34N5O2/c1-14(2)21(25-22(29)30)18-3-4-28(13-18)19-8-20(27-24-12-19)26-23-9-15-5-16(10-23)7-17(6-15)11-23/h8,12,15-18,21,25H,3-7,9-11,13H2,1-2H3,(H,26,27)(H,29,30)/t15?,16?,17?,18?,21-,23?/m1/s1. The molecule has 5 fully saturated rings. The molecule has 1 aliphatic heterocycles. The van der Waals surface area contributed by atoms with Crippen LogP contribution in [0.2, 0.25) is 0 Å². The molecular formula is C23H34N5O2. The van der Waals surface area contributed by atoms with Gasteiger partial charge in [-0.3, -0.25) is 0 Å². The fourth-order valence-electron chi connectivity index (χ4n) is 7.29. The van der Waals surface area contributed by atoms with Gasteiger partial charge in [-0.05, 0) is 74.5 Å². The third-order valence-corrected chi connectivity index (χ3v) is 8.03. The lowest BCUT2D eigenvalue weighted by Crippen LogP contribution is -2.54. The van der Waals surface area contributed by atoms with Gasteiger partial charge in [-0.1, -0.05) is 13.8 Å². The molecule has 2 atom stereocenters. The summed E-state index contributed by atoms with van der Waals surface area (Å²) in [5.74, 6) is 4.97. The number of nitrogens with one attached hydrogen (secondary N) is 2. The van der Waals surface area contributed by atoms with E-state index in [0.29, 0.717) is 0 Å². The van der Waals surface area contributed by atoms with Crippen LogP contribution in [0.5, 0.6) is 0 Å². The number of carboxylic acid groups (broad SMARTS) is 1. The van der Waals surface area contributed by atoms with Crippen molar-refractivity contribution in [3.8, 4) is 0 Å². The molecule has 1 aromatic rings. The fraction of sp³-hybridized carbons (Fsp3) is 0.739. The van der Waals surface area contributed by atoms with E-state index in [1.165, 1.54) is 38.5 Å². The summed E-state index contributed by atoms with van der Waals surface area (Å²) < 4.78 is 0. The first kappa shape index (κ1) is 19.9. The minimum absolute atomic E-state index is 0.105. The van der Waals surface area contributed by atoms with E-state index in [9.17, 15) is 9.90 Å². The first-order chi connectivity index (χ1) is 14.4. The predicted molar refractivity (Wildman–Crippen MR) is 116 cm³/mol. The third-order valence-electron chi connectivity index (χ3n) is 8.03. The maximum Gasteiger partial charge on any atom is 0.404 e. The van der Waals surface area contributed by atoms with Crippen molar-refractivity contribution in [3.63, 3.8) is 0 Å². The van der Waals surface area contributed by atoms with E-state index >= 15 is 0 Å². The SMILES string of the molecule is C[C](C)[C@@H](NC(=O)O)C1CCN(c2cnnc(NC34CC5CC(CC(C5)C3)C4)c2)C1. The zero-order valence-electron chi connectivity index (χ0n) is 18.1. The molecule has 4 saturated carbocycles. The van der Waals surface area contributed by atoms with Crippen LogP contribution in [0.25, 0.3) is 0 Å². The zero-order chi connectivity index (χ0) is 20.9. The molecule has 0 aromatic carbocycles. The number of amides is 1. The van der Waals surface area contributed by atoms with Crippen molar-refractivity contribution in [3.05, 3.63) is 18.2 Å². The van der Waals surface area contributed by atoms with Gasteiger partial charge in [-0.25, -0.2) is 4.79 Å². The van der Waals surface area contributed by atoms with Gasteiger partial charge in [0.2, 0.25) is 0 Å². The summed E-state index contributed by atoms with van der Waals surface area (Å²) in [6.45, 7) is 5.76. The van der Waals surface area contributed by atoms with E-state index in [-0.39, 0.29) is 17.5 Å². The largest absolute Gasteiger partial charge is 0.465 e. The van der Waals surface area contributed by atoms with Crippen molar-refractivity contribution in [1.29, 1.82) is 0 Å². The topological polar surface area (TPSA) is 90.4 Å². The highest BCUT2D eigenvalue weighted by atomic mass is 16.4. The van der Waals surface area contributed by atoms with E-state index in [2.05, 4.69) is 31.8 Å². The van der Waals surface area contributed by atoms with Crippen LogP contribution in [-0.2, 0) is 0 Å². The predicted octanol–water partition coefficient (Wildman–Crippen LogP) is 3.93. The van der Waals surface area contributed by atoms with Crippen LogP contribution in [0.1, 0.15) is 58.8 Å². The number of aromatic nitrogens is 2. The molecule has 4 aliphatic carbocycles. The van der Waals surface area contributed by atoms with Gasteiger partial charge >= 0.3 is 6.09 Å². The number of carbonyl (C=O) groups is 1. The Balaban J connectivity index is 1.27. The zero-order valence-corrected chi connectivity index (χ0v) is 18.1. The summed E-state index contributed by atoms with van der Waals surface area (Å²) >= 11 is 0. The van der Waals surface area contributed by atoms with E-state index in [1.54, 1.807) is 0 Å². The van der Waals surface area contributed by atoms with Gasteiger partial charge in [0, 0.05) is 30.7 Å². The molecule has 163 valence electrons. The quantitative estimate of drug-likeness (QED) is 0.656. The summed E-state index contributed by atoms with van der Waals surface area (Å²) in [5, 5.41) is 24.5. The lowest BCUT2D eigenvalue weighted by atomic mass is 9.53. The molecular weight excluding hydrogens is 378 g/mol. The highest BCUT2D eigenvalue weighted by molar-refractivity contribution is 5.65. The molecule has 1 radical (unpaired) electrons. The molecule has 1 unspecified atom stereocenters. The van der Waals surface area contributed by atoms with Crippen LogP contribution in [0.15, 0.2) is 12.3 Å². The first-order valence-electron chi connectivity index (χ1n) is 11.5. The Labute approximate surface area is 179 Å². The van der Waals surface area contributed by atoms with Crippen molar-refractivity contribution >= 4 is 17.6 Å². The molecule has 7 heteroatoms. The van der Waals surface area contributed by atoms with E-state index < -0.39 is 6.09 Å². The molecule has 2 heterocycles. The average Bonchev–Trinajstić information content (AvgIpc) is 3.14. The first-order valence-corrected chi connectivity index (χ1v) is 11.5. The second-order valence-corrected chi connectivity index (χ2v) is 10.6. The maximum absolute atomic E-state index is 11.2. The minimum Gasteiger partial charge on any atom is -0.465 e. The third kappa shape index (κ3) is 3.83. The van der Waals surface area contributed by atoms with Crippen molar-refractivity contribution in [1.82, 2.24) is 15.5 Å². The van der Waals surface area contributed by atoms with E-state index in [4.69, 9.17) is 0 Å². The Morgan fingerprint density at radius 1 is 1.20 bits per heavy atom. The Hall–Kier alpha value is -2.05. The van der Waals surface area contributed by atoms with Gasteiger partial charge in [0.15, 0.2) is 5.82 Å². The Morgan fingerprint density at radius 3 is 2.47 bits per heavy atom. The molecule has 3 N–H and O–H groups in total. The minimum atomic E-state index is -0.952. The molecule has 1 aromatic heterocycles. The lowest BCUT2D eigenvalue weighted by Gasteiger charge is -2.57. The van der Waals surface area contributed by atoms with Crippen LogP contribution in [0.3, 0.4) is 0 Å². The van der Waals surface area contributed by atoms with E-state index in [1.807, 2.05) is 20.0 Å². The number of anilines is 2. The van der Waals surface area contributed by atoms with Crippen molar-refractivity contribution in [2.24, 2.45) is 23.7 Å². The summed E-state index contributed by atoms with van der Waals surface area (Å²) in [7, 11) is 0. The normalized spacial score (nSPS) is 35.6. The smallest absolute Gasteiger partial charge is 0.404 e. The van der Waals surface area contributed by atoms with Gasteiger partial charge in [0.1, 0.15) is 0 Å². The Morgan fingerprint density at radius 2 is 1.87 bits per heavy atom. The molecule has 7 nitrogen and oxygen atoms in total. The van der Waals surface area contributed by atoms with Crippen molar-refractivity contribution in [2.75, 3.05) is 23.3 Å². The van der Waals surface area contributed by atoms with E-state index in [0.717, 1.165) is 54.7 Å². The van der Waals surface area contributed by atoms with Gasteiger partial charge in [0.25, 0.3) is 0 Å². The fourth-order valence-corrected chi connectivity index (χ4v) is 7.29.